The van der Waals surface area contributed by atoms with Gasteiger partial charge in [-0.2, -0.15) is 10.2 Å². The summed E-state index contributed by atoms with van der Waals surface area (Å²) >= 11 is 0. The predicted octanol–water partition coefficient (Wildman–Crippen LogP) is 4.06. The van der Waals surface area contributed by atoms with Crippen LogP contribution in [-0.4, -0.2) is 36.4 Å². The van der Waals surface area contributed by atoms with Gasteiger partial charge in [-0.05, 0) is 40.6 Å². The average Bonchev–Trinajstić information content (AvgIpc) is 3.24. The van der Waals surface area contributed by atoms with Gasteiger partial charge >= 0.3 is 0 Å². The van der Waals surface area contributed by atoms with E-state index in [0.29, 0.717) is 11.4 Å². The van der Waals surface area contributed by atoms with Crippen molar-refractivity contribution in [3.05, 3.63) is 84.1 Å². The Morgan fingerprint density at radius 3 is 2.52 bits per heavy atom. The van der Waals surface area contributed by atoms with Crippen LogP contribution in [0.1, 0.15) is 16.1 Å². The van der Waals surface area contributed by atoms with Gasteiger partial charge in [-0.3, -0.25) is 9.89 Å². The van der Waals surface area contributed by atoms with Gasteiger partial charge in [0.25, 0.3) is 5.91 Å². The molecule has 0 aliphatic heterocycles. The lowest BCUT2D eigenvalue weighted by Gasteiger charge is -2.11. The number of nitrogens with zero attached hydrogens (tertiary/aromatic N) is 3. The van der Waals surface area contributed by atoms with Crippen molar-refractivity contribution in [3.63, 3.8) is 0 Å². The van der Waals surface area contributed by atoms with Crippen molar-refractivity contribution in [2.75, 3.05) is 19.0 Å². The lowest BCUT2D eigenvalue weighted by atomic mass is 10.1. The Kier molecular flexibility index (Phi) is 5.07. The van der Waals surface area contributed by atoms with Crippen LogP contribution in [0.25, 0.3) is 22.0 Å². The van der Waals surface area contributed by atoms with E-state index in [1.54, 1.807) is 12.3 Å². The van der Waals surface area contributed by atoms with Crippen LogP contribution in [0, 0.1) is 0 Å². The number of hydrogen-bond acceptors (Lipinski definition) is 4. The third-order valence-corrected chi connectivity index (χ3v) is 4.66. The number of aromatic amines is 1. The Morgan fingerprint density at radius 2 is 1.76 bits per heavy atom. The van der Waals surface area contributed by atoms with Gasteiger partial charge in [-0.15, -0.1) is 0 Å². The lowest BCUT2D eigenvalue weighted by molar-refractivity contribution is 0.0950. The third-order valence-electron chi connectivity index (χ3n) is 4.66. The van der Waals surface area contributed by atoms with Crippen LogP contribution in [0.4, 0.5) is 5.69 Å². The first kappa shape index (κ1) is 18.4. The van der Waals surface area contributed by atoms with E-state index in [1.165, 1.54) is 0 Å². The van der Waals surface area contributed by atoms with Crippen LogP contribution in [0.3, 0.4) is 0 Å². The number of carbonyl (C=O) groups is 1. The maximum absolute atomic E-state index is 12.3. The summed E-state index contributed by atoms with van der Waals surface area (Å²) in [5, 5.41) is 13.4. The van der Waals surface area contributed by atoms with E-state index in [2.05, 4.69) is 38.9 Å². The van der Waals surface area contributed by atoms with Gasteiger partial charge in [-0.1, -0.05) is 48.5 Å². The zero-order valence-electron chi connectivity index (χ0n) is 16.3. The predicted molar refractivity (Wildman–Crippen MR) is 117 cm³/mol. The Morgan fingerprint density at radius 1 is 1.00 bits per heavy atom. The highest BCUT2D eigenvalue weighted by Gasteiger charge is 2.10. The molecule has 6 heteroatoms. The molecule has 0 fully saturated rings. The maximum Gasteiger partial charge on any atom is 0.289 e. The number of H-pyrrole nitrogens is 1. The molecule has 0 aliphatic rings. The largest absolute Gasteiger partial charge is 0.378 e. The van der Waals surface area contributed by atoms with E-state index >= 15 is 0 Å². The zero-order chi connectivity index (χ0) is 20.2. The SMILES string of the molecule is CN(C)c1ccc(C=NNC(=O)c2cc(-c3ccc4ccccc4c3)n[nH]2)cc1. The molecule has 0 saturated carbocycles. The second-order valence-corrected chi connectivity index (χ2v) is 6.91. The summed E-state index contributed by atoms with van der Waals surface area (Å²) < 4.78 is 0. The molecule has 0 spiro atoms. The Balaban J connectivity index is 1.43. The minimum Gasteiger partial charge on any atom is -0.378 e. The Hall–Kier alpha value is -3.93. The van der Waals surface area contributed by atoms with Gasteiger partial charge in [0.1, 0.15) is 5.69 Å². The van der Waals surface area contributed by atoms with Crippen molar-refractivity contribution >= 4 is 28.6 Å². The van der Waals surface area contributed by atoms with Gasteiger partial charge < -0.3 is 4.90 Å². The second-order valence-electron chi connectivity index (χ2n) is 6.91. The highest BCUT2D eigenvalue weighted by atomic mass is 16.2. The van der Waals surface area contributed by atoms with Crippen molar-refractivity contribution in [3.8, 4) is 11.3 Å². The molecule has 0 unspecified atom stereocenters. The molecule has 0 aliphatic carbocycles. The summed E-state index contributed by atoms with van der Waals surface area (Å²) in [5.41, 5.74) is 6.54. The molecule has 0 bridgehead atoms. The second kappa shape index (κ2) is 7.98. The van der Waals surface area contributed by atoms with Gasteiger partial charge in [0, 0.05) is 25.3 Å². The Bertz CT molecular complexity index is 1180. The average molecular weight is 383 g/mol. The number of anilines is 1. The van der Waals surface area contributed by atoms with E-state index in [9.17, 15) is 4.79 Å². The molecule has 1 aromatic heterocycles. The third kappa shape index (κ3) is 4.16. The van der Waals surface area contributed by atoms with Crippen LogP contribution in [0.15, 0.2) is 77.9 Å². The highest BCUT2D eigenvalue weighted by Crippen LogP contribution is 2.23. The van der Waals surface area contributed by atoms with Crippen LogP contribution >= 0.6 is 0 Å². The molecule has 1 amide bonds. The number of nitrogens with one attached hydrogen (secondary N) is 2. The molecule has 4 rings (SSSR count). The van der Waals surface area contributed by atoms with Gasteiger partial charge in [0.15, 0.2) is 0 Å². The summed E-state index contributed by atoms with van der Waals surface area (Å²) in [7, 11) is 3.97. The molecular weight excluding hydrogens is 362 g/mol. The molecule has 0 saturated heterocycles. The summed E-state index contributed by atoms with van der Waals surface area (Å²) in [6.07, 6.45) is 1.61. The number of benzene rings is 3. The van der Waals surface area contributed by atoms with Crippen molar-refractivity contribution < 1.29 is 4.79 Å². The molecule has 29 heavy (non-hydrogen) atoms. The molecule has 2 N–H and O–H groups in total. The summed E-state index contributed by atoms with van der Waals surface area (Å²) in [6, 6.07) is 23.8. The molecule has 4 aromatic rings. The number of carbonyl (C=O) groups excluding carboxylic acids is 1. The van der Waals surface area contributed by atoms with Crippen LogP contribution in [0.2, 0.25) is 0 Å². The monoisotopic (exact) mass is 383 g/mol. The van der Waals surface area contributed by atoms with Gasteiger partial charge in [0.05, 0.1) is 11.9 Å². The molecule has 144 valence electrons. The number of rotatable bonds is 5. The number of fused-ring (bicyclic) bond motifs is 1. The van der Waals surface area contributed by atoms with Crippen molar-refractivity contribution in [1.82, 2.24) is 15.6 Å². The van der Waals surface area contributed by atoms with Crippen molar-refractivity contribution in [2.24, 2.45) is 5.10 Å². The fourth-order valence-corrected chi connectivity index (χ4v) is 3.02. The molecular formula is C23H21N5O. The van der Waals surface area contributed by atoms with Crippen LogP contribution in [0.5, 0.6) is 0 Å². The molecule has 6 nitrogen and oxygen atoms in total. The smallest absolute Gasteiger partial charge is 0.289 e. The molecule has 0 radical (unpaired) electrons. The minimum atomic E-state index is -0.342. The first-order valence-corrected chi connectivity index (χ1v) is 9.25. The summed E-state index contributed by atoms with van der Waals surface area (Å²) in [4.78, 5) is 14.4. The van der Waals surface area contributed by atoms with Crippen molar-refractivity contribution in [1.29, 1.82) is 0 Å². The lowest BCUT2D eigenvalue weighted by Crippen LogP contribution is -2.18. The minimum absolute atomic E-state index is 0.342. The molecule has 1 heterocycles. The van der Waals surface area contributed by atoms with Gasteiger partial charge in [-0.25, -0.2) is 5.43 Å². The summed E-state index contributed by atoms with van der Waals surface area (Å²) in [5.74, 6) is -0.342. The number of aromatic nitrogens is 2. The fraction of sp³-hybridized carbons (Fsp3) is 0.0870. The first-order valence-electron chi connectivity index (χ1n) is 9.25. The molecule has 3 aromatic carbocycles. The number of hydrogen-bond donors (Lipinski definition) is 2. The quantitative estimate of drug-likeness (QED) is 0.403. The van der Waals surface area contributed by atoms with Crippen LogP contribution in [-0.2, 0) is 0 Å². The van der Waals surface area contributed by atoms with E-state index in [-0.39, 0.29) is 5.91 Å². The molecule has 0 atom stereocenters. The fourth-order valence-electron chi connectivity index (χ4n) is 3.02. The maximum atomic E-state index is 12.3. The standard InChI is InChI=1S/C23H21N5O/c1-28(2)20-11-7-16(8-12-20)15-24-27-23(29)22-14-21(25-26-22)19-10-9-17-5-3-4-6-18(17)13-19/h3-15H,1-2H3,(H,25,26)(H,27,29). The van der Waals surface area contributed by atoms with E-state index in [0.717, 1.165) is 27.6 Å². The zero-order valence-corrected chi connectivity index (χ0v) is 16.3. The van der Waals surface area contributed by atoms with Crippen LogP contribution < -0.4 is 10.3 Å². The van der Waals surface area contributed by atoms with E-state index < -0.39 is 0 Å². The van der Waals surface area contributed by atoms with E-state index in [1.807, 2.05) is 67.5 Å². The van der Waals surface area contributed by atoms with Crippen molar-refractivity contribution in [2.45, 2.75) is 0 Å². The normalized spacial score (nSPS) is 11.1. The Labute approximate surface area is 168 Å². The first-order chi connectivity index (χ1) is 14.1. The highest BCUT2D eigenvalue weighted by molar-refractivity contribution is 5.94. The number of amides is 1. The number of hydrazone groups is 1. The van der Waals surface area contributed by atoms with Gasteiger partial charge in [0.2, 0.25) is 0 Å². The van der Waals surface area contributed by atoms with E-state index in [4.69, 9.17) is 0 Å². The topological polar surface area (TPSA) is 73.4 Å². The summed E-state index contributed by atoms with van der Waals surface area (Å²) in [6.45, 7) is 0.